The van der Waals surface area contributed by atoms with Gasteiger partial charge in [-0.2, -0.15) is 0 Å². The monoisotopic (exact) mass is 248 g/mol. The second-order valence-corrected chi connectivity index (χ2v) is 6.69. The third-order valence-corrected chi connectivity index (χ3v) is 5.79. The number of hydrogen-bond donors (Lipinski definition) is 2. The third kappa shape index (κ3) is 1.75. The minimum atomic E-state index is -0.569. The second-order valence-electron chi connectivity index (χ2n) is 6.69. The number of terminal acetylenes is 1. The van der Waals surface area contributed by atoms with E-state index in [1.165, 1.54) is 12.8 Å². The molecule has 2 rings (SSSR count). The molecular formula is C15H24N2O. The molecular weight excluding hydrogens is 224 g/mol. The van der Waals surface area contributed by atoms with Gasteiger partial charge in [0.25, 0.3) is 0 Å². The molecule has 0 saturated heterocycles. The van der Waals surface area contributed by atoms with Gasteiger partial charge >= 0.3 is 0 Å². The van der Waals surface area contributed by atoms with E-state index in [-0.39, 0.29) is 17.4 Å². The van der Waals surface area contributed by atoms with Crippen molar-refractivity contribution in [3.8, 4) is 12.3 Å². The van der Waals surface area contributed by atoms with Crippen LogP contribution in [0.2, 0.25) is 0 Å². The van der Waals surface area contributed by atoms with Crippen LogP contribution in [-0.2, 0) is 4.79 Å². The van der Waals surface area contributed by atoms with Crippen molar-refractivity contribution >= 4 is 5.91 Å². The van der Waals surface area contributed by atoms with Crippen molar-refractivity contribution in [3.63, 3.8) is 0 Å². The van der Waals surface area contributed by atoms with Crippen molar-refractivity contribution in [2.75, 3.05) is 0 Å². The maximum Gasteiger partial charge on any atom is 0.238 e. The molecule has 0 aromatic carbocycles. The zero-order chi connectivity index (χ0) is 13.6. The Bertz CT molecular complexity index is 396. The number of carbonyl (C=O) groups is 1. The fourth-order valence-corrected chi connectivity index (χ4v) is 3.92. The van der Waals surface area contributed by atoms with Crippen molar-refractivity contribution < 1.29 is 4.79 Å². The minimum Gasteiger partial charge on any atom is -0.351 e. The van der Waals surface area contributed by atoms with Crippen LogP contribution in [0.5, 0.6) is 0 Å². The van der Waals surface area contributed by atoms with E-state index in [2.05, 4.69) is 32.0 Å². The standard InChI is InChI=1S/C15H24N2O/c1-5-6-11(16)13(18)17-12-9-10-7-8-15(12,4)14(10,2)3/h1,10-12H,6-9,16H2,2-4H3,(H,17,18). The molecule has 18 heavy (non-hydrogen) atoms. The summed E-state index contributed by atoms with van der Waals surface area (Å²) in [6.07, 6.45) is 9.06. The van der Waals surface area contributed by atoms with Gasteiger partial charge < -0.3 is 11.1 Å². The molecule has 0 heterocycles. The van der Waals surface area contributed by atoms with Crippen LogP contribution in [0, 0.1) is 29.1 Å². The summed E-state index contributed by atoms with van der Waals surface area (Å²) < 4.78 is 0. The van der Waals surface area contributed by atoms with E-state index in [0.717, 1.165) is 12.3 Å². The molecule has 4 atom stereocenters. The lowest BCUT2D eigenvalue weighted by molar-refractivity contribution is -0.124. The lowest BCUT2D eigenvalue weighted by atomic mass is 9.69. The zero-order valence-corrected chi connectivity index (χ0v) is 11.6. The average Bonchev–Trinajstić information content (AvgIpc) is 2.62. The summed E-state index contributed by atoms with van der Waals surface area (Å²) in [4.78, 5) is 12.0. The van der Waals surface area contributed by atoms with Gasteiger partial charge in [0.15, 0.2) is 0 Å². The van der Waals surface area contributed by atoms with Gasteiger partial charge in [0, 0.05) is 12.5 Å². The summed E-state index contributed by atoms with van der Waals surface area (Å²) in [6, 6.07) is -0.316. The van der Waals surface area contributed by atoms with Crippen LogP contribution >= 0.6 is 0 Å². The summed E-state index contributed by atoms with van der Waals surface area (Å²) in [5, 5.41) is 3.13. The average molecular weight is 248 g/mol. The van der Waals surface area contributed by atoms with Crippen LogP contribution in [0.25, 0.3) is 0 Å². The van der Waals surface area contributed by atoms with E-state index < -0.39 is 6.04 Å². The quantitative estimate of drug-likeness (QED) is 0.746. The first-order valence-electron chi connectivity index (χ1n) is 6.82. The van der Waals surface area contributed by atoms with E-state index in [0.29, 0.717) is 11.8 Å². The Morgan fingerprint density at radius 2 is 2.22 bits per heavy atom. The normalized spacial score (nSPS) is 38.2. The van der Waals surface area contributed by atoms with Crippen molar-refractivity contribution in [2.45, 2.75) is 58.5 Å². The highest BCUT2D eigenvalue weighted by Crippen LogP contribution is 2.65. The Kier molecular flexibility index (Phi) is 3.19. The summed E-state index contributed by atoms with van der Waals surface area (Å²) in [5.41, 5.74) is 6.26. The highest BCUT2D eigenvalue weighted by Gasteiger charge is 2.61. The summed E-state index contributed by atoms with van der Waals surface area (Å²) in [5.74, 6) is 3.07. The van der Waals surface area contributed by atoms with Gasteiger partial charge in [-0.3, -0.25) is 4.79 Å². The number of rotatable bonds is 3. The number of amides is 1. The molecule has 0 aliphatic heterocycles. The van der Waals surface area contributed by atoms with E-state index >= 15 is 0 Å². The molecule has 0 spiro atoms. The second kappa shape index (κ2) is 4.28. The summed E-state index contributed by atoms with van der Waals surface area (Å²) >= 11 is 0. The molecule has 2 saturated carbocycles. The highest BCUT2D eigenvalue weighted by molar-refractivity contribution is 5.82. The Balaban J connectivity index is 2.05. The van der Waals surface area contributed by atoms with Crippen LogP contribution in [0.15, 0.2) is 0 Å². The molecule has 2 fully saturated rings. The molecule has 0 aromatic heterocycles. The Hall–Kier alpha value is -1.01. The number of fused-ring (bicyclic) bond motifs is 2. The number of hydrogen-bond acceptors (Lipinski definition) is 2. The molecule has 3 heteroatoms. The molecule has 100 valence electrons. The largest absolute Gasteiger partial charge is 0.351 e. The SMILES string of the molecule is C#CCC(N)C(=O)NC1CC2CCC1(C)C2(C)C. The maximum atomic E-state index is 12.0. The number of nitrogens with one attached hydrogen (secondary N) is 1. The fourth-order valence-electron chi connectivity index (χ4n) is 3.92. The first kappa shape index (κ1) is 13.4. The van der Waals surface area contributed by atoms with E-state index in [4.69, 9.17) is 12.2 Å². The summed E-state index contributed by atoms with van der Waals surface area (Å²) in [6.45, 7) is 6.97. The van der Waals surface area contributed by atoms with Gasteiger partial charge in [-0.1, -0.05) is 20.8 Å². The van der Waals surface area contributed by atoms with Crippen LogP contribution in [0.1, 0.15) is 46.5 Å². The van der Waals surface area contributed by atoms with Crippen LogP contribution in [0.3, 0.4) is 0 Å². The van der Waals surface area contributed by atoms with Gasteiger partial charge in [0.05, 0.1) is 6.04 Å². The lowest BCUT2D eigenvalue weighted by Gasteiger charge is -2.39. The topological polar surface area (TPSA) is 55.1 Å². The molecule has 0 aromatic rings. The first-order chi connectivity index (χ1) is 8.33. The van der Waals surface area contributed by atoms with Crippen molar-refractivity contribution in [3.05, 3.63) is 0 Å². The molecule has 2 bridgehead atoms. The van der Waals surface area contributed by atoms with Crippen LogP contribution in [-0.4, -0.2) is 18.0 Å². The smallest absolute Gasteiger partial charge is 0.238 e. The lowest BCUT2D eigenvalue weighted by Crippen LogP contribution is -2.51. The Morgan fingerprint density at radius 1 is 1.56 bits per heavy atom. The van der Waals surface area contributed by atoms with E-state index in [1.807, 2.05) is 0 Å². The highest BCUT2D eigenvalue weighted by atomic mass is 16.2. The molecule has 3 N–H and O–H groups in total. The number of nitrogens with two attached hydrogens (primary N) is 1. The van der Waals surface area contributed by atoms with E-state index in [9.17, 15) is 4.79 Å². The molecule has 4 unspecified atom stereocenters. The summed E-state index contributed by atoms with van der Waals surface area (Å²) in [7, 11) is 0. The minimum absolute atomic E-state index is 0.0949. The van der Waals surface area contributed by atoms with Gasteiger partial charge in [-0.05, 0) is 36.0 Å². The maximum absolute atomic E-state index is 12.0. The van der Waals surface area contributed by atoms with Gasteiger partial charge in [-0.25, -0.2) is 0 Å². The predicted octanol–water partition coefficient (Wildman–Crippen LogP) is 1.67. The third-order valence-electron chi connectivity index (χ3n) is 5.79. The van der Waals surface area contributed by atoms with Gasteiger partial charge in [0.1, 0.15) is 0 Å². The first-order valence-corrected chi connectivity index (χ1v) is 6.82. The van der Waals surface area contributed by atoms with Crippen LogP contribution < -0.4 is 11.1 Å². The number of carbonyl (C=O) groups excluding carboxylic acids is 1. The van der Waals surface area contributed by atoms with Crippen molar-refractivity contribution in [1.29, 1.82) is 0 Å². The van der Waals surface area contributed by atoms with Crippen molar-refractivity contribution in [1.82, 2.24) is 5.32 Å². The predicted molar refractivity (Wildman–Crippen MR) is 72.6 cm³/mol. The van der Waals surface area contributed by atoms with Crippen LogP contribution in [0.4, 0.5) is 0 Å². The molecule has 2 aliphatic carbocycles. The van der Waals surface area contributed by atoms with Crippen molar-refractivity contribution in [2.24, 2.45) is 22.5 Å². The Morgan fingerprint density at radius 3 is 2.67 bits per heavy atom. The van der Waals surface area contributed by atoms with Gasteiger partial charge in [-0.15, -0.1) is 12.3 Å². The van der Waals surface area contributed by atoms with Gasteiger partial charge in [0.2, 0.25) is 5.91 Å². The van der Waals surface area contributed by atoms with E-state index in [1.54, 1.807) is 0 Å². The Labute approximate surface area is 110 Å². The zero-order valence-electron chi connectivity index (χ0n) is 11.6. The molecule has 2 aliphatic rings. The fraction of sp³-hybridized carbons (Fsp3) is 0.800. The molecule has 0 radical (unpaired) electrons. The molecule has 1 amide bonds. The molecule has 3 nitrogen and oxygen atoms in total.